The quantitative estimate of drug-likeness (QED) is 0.929. The maximum atomic E-state index is 5.51. The van der Waals surface area contributed by atoms with E-state index in [1.807, 2.05) is 5.38 Å². The van der Waals surface area contributed by atoms with Crippen LogP contribution in [0.15, 0.2) is 10.9 Å². The SMILES string of the molecule is CCCNc1nc(-c2cscn2)nc2c1COCC2. The molecule has 0 aromatic carbocycles. The number of nitrogens with zero attached hydrogens (tertiary/aromatic N) is 3. The van der Waals surface area contributed by atoms with Crippen molar-refractivity contribution in [1.29, 1.82) is 0 Å². The second-order valence-electron chi connectivity index (χ2n) is 4.42. The zero-order chi connectivity index (χ0) is 13.1. The number of fused-ring (bicyclic) bond motifs is 1. The molecule has 2 aromatic rings. The molecule has 0 aliphatic carbocycles. The molecule has 0 bridgehead atoms. The third-order valence-electron chi connectivity index (χ3n) is 3.03. The van der Waals surface area contributed by atoms with Crippen LogP contribution in [0.25, 0.3) is 11.5 Å². The van der Waals surface area contributed by atoms with Crippen LogP contribution in [0.1, 0.15) is 24.6 Å². The number of hydrogen-bond acceptors (Lipinski definition) is 6. The minimum absolute atomic E-state index is 0.596. The Morgan fingerprint density at radius 1 is 1.42 bits per heavy atom. The lowest BCUT2D eigenvalue weighted by Gasteiger charge is -2.19. The van der Waals surface area contributed by atoms with Gasteiger partial charge < -0.3 is 10.1 Å². The predicted molar refractivity (Wildman–Crippen MR) is 75.3 cm³/mol. The molecule has 0 fully saturated rings. The lowest BCUT2D eigenvalue weighted by atomic mass is 10.1. The standard InChI is InChI=1S/C13H16N4OS/c1-2-4-14-12-9-6-18-5-3-10(9)16-13(17-12)11-7-19-8-15-11/h7-8H,2-6H2,1H3,(H,14,16,17). The summed E-state index contributed by atoms with van der Waals surface area (Å²) in [5.74, 6) is 1.61. The number of thiazole rings is 1. The summed E-state index contributed by atoms with van der Waals surface area (Å²) in [6.45, 7) is 4.37. The molecular weight excluding hydrogens is 260 g/mol. The van der Waals surface area contributed by atoms with E-state index in [-0.39, 0.29) is 0 Å². The summed E-state index contributed by atoms with van der Waals surface area (Å²) >= 11 is 1.56. The molecule has 0 atom stereocenters. The Morgan fingerprint density at radius 3 is 3.16 bits per heavy atom. The molecule has 1 aliphatic rings. The van der Waals surface area contributed by atoms with Gasteiger partial charge in [0, 0.05) is 23.9 Å². The number of anilines is 1. The fourth-order valence-electron chi connectivity index (χ4n) is 2.06. The van der Waals surface area contributed by atoms with Gasteiger partial charge in [0.1, 0.15) is 11.5 Å². The Morgan fingerprint density at radius 2 is 2.37 bits per heavy atom. The zero-order valence-electron chi connectivity index (χ0n) is 10.8. The van der Waals surface area contributed by atoms with Crippen molar-refractivity contribution in [3.05, 3.63) is 22.1 Å². The fraction of sp³-hybridized carbons (Fsp3) is 0.462. The lowest BCUT2D eigenvalue weighted by molar-refractivity contribution is 0.109. The molecule has 0 spiro atoms. The predicted octanol–water partition coefficient (Wildman–Crippen LogP) is 2.49. The summed E-state index contributed by atoms with van der Waals surface area (Å²) in [5.41, 5.74) is 4.83. The van der Waals surface area contributed by atoms with Crippen LogP contribution in [-0.2, 0) is 17.8 Å². The first-order chi connectivity index (χ1) is 9.38. The Kier molecular flexibility index (Phi) is 3.70. The number of rotatable bonds is 4. The molecule has 3 heterocycles. The van der Waals surface area contributed by atoms with Crippen molar-refractivity contribution in [3.63, 3.8) is 0 Å². The first kappa shape index (κ1) is 12.5. The minimum Gasteiger partial charge on any atom is -0.376 e. The van der Waals surface area contributed by atoms with Gasteiger partial charge in [0.05, 0.1) is 24.4 Å². The maximum Gasteiger partial charge on any atom is 0.181 e. The summed E-state index contributed by atoms with van der Waals surface area (Å²) in [5, 5.41) is 5.35. The first-order valence-corrected chi connectivity index (χ1v) is 7.42. The molecule has 1 aliphatic heterocycles. The molecule has 0 amide bonds. The van der Waals surface area contributed by atoms with Crippen LogP contribution in [0.4, 0.5) is 5.82 Å². The third-order valence-corrected chi connectivity index (χ3v) is 3.61. The highest BCUT2D eigenvalue weighted by Gasteiger charge is 2.19. The first-order valence-electron chi connectivity index (χ1n) is 6.48. The smallest absolute Gasteiger partial charge is 0.181 e. The number of aromatic nitrogens is 3. The molecule has 100 valence electrons. The van der Waals surface area contributed by atoms with Crippen molar-refractivity contribution < 1.29 is 4.74 Å². The average Bonchev–Trinajstić information content (AvgIpc) is 2.98. The van der Waals surface area contributed by atoms with Gasteiger partial charge in [-0.2, -0.15) is 0 Å². The second-order valence-corrected chi connectivity index (χ2v) is 5.14. The molecule has 3 rings (SSSR count). The molecule has 2 aromatic heterocycles. The van der Waals surface area contributed by atoms with Gasteiger partial charge in [0.2, 0.25) is 0 Å². The van der Waals surface area contributed by atoms with Crippen molar-refractivity contribution in [2.75, 3.05) is 18.5 Å². The third kappa shape index (κ3) is 2.59. The highest BCUT2D eigenvalue weighted by molar-refractivity contribution is 7.07. The van der Waals surface area contributed by atoms with E-state index in [1.165, 1.54) is 0 Å². The highest BCUT2D eigenvalue weighted by Crippen LogP contribution is 2.26. The molecule has 0 saturated carbocycles. The Balaban J connectivity index is 2.02. The Hall–Kier alpha value is -1.53. The molecule has 19 heavy (non-hydrogen) atoms. The highest BCUT2D eigenvalue weighted by atomic mass is 32.1. The van der Waals surface area contributed by atoms with E-state index < -0.39 is 0 Å². The van der Waals surface area contributed by atoms with Crippen LogP contribution < -0.4 is 5.32 Å². The summed E-state index contributed by atoms with van der Waals surface area (Å²) in [4.78, 5) is 13.5. The van der Waals surface area contributed by atoms with Crippen molar-refractivity contribution >= 4 is 17.2 Å². The Labute approximate surface area is 116 Å². The van der Waals surface area contributed by atoms with Crippen molar-refractivity contribution in [1.82, 2.24) is 15.0 Å². The normalized spacial score (nSPS) is 14.2. The van der Waals surface area contributed by atoms with E-state index in [2.05, 4.69) is 27.2 Å². The van der Waals surface area contributed by atoms with Gasteiger partial charge in [-0.1, -0.05) is 6.92 Å². The van der Waals surface area contributed by atoms with Crippen LogP contribution in [-0.4, -0.2) is 28.1 Å². The number of ether oxygens (including phenoxy) is 1. The van der Waals surface area contributed by atoms with Crippen LogP contribution >= 0.6 is 11.3 Å². The van der Waals surface area contributed by atoms with E-state index in [9.17, 15) is 0 Å². The molecular formula is C13H16N4OS. The topological polar surface area (TPSA) is 59.9 Å². The number of hydrogen-bond donors (Lipinski definition) is 1. The van der Waals surface area contributed by atoms with Crippen LogP contribution in [0.5, 0.6) is 0 Å². The van der Waals surface area contributed by atoms with E-state index in [1.54, 1.807) is 16.8 Å². The molecule has 0 saturated heterocycles. The molecule has 0 radical (unpaired) electrons. The van der Waals surface area contributed by atoms with Crippen molar-refractivity contribution in [3.8, 4) is 11.5 Å². The molecule has 6 heteroatoms. The van der Waals surface area contributed by atoms with E-state index in [0.29, 0.717) is 12.4 Å². The van der Waals surface area contributed by atoms with Gasteiger partial charge >= 0.3 is 0 Å². The van der Waals surface area contributed by atoms with Crippen molar-refractivity contribution in [2.45, 2.75) is 26.4 Å². The number of nitrogens with one attached hydrogen (secondary N) is 1. The van der Waals surface area contributed by atoms with Crippen LogP contribution in [0.3, 0.4) is 0 Å². The lowest BCUT2D eigenvalue weighted by Crippen LogP contribution is -2.17. The maximum absolute atomic E-state index is 5.51. The Bertz CT molecular complexity index is 556. The van der Waals surface area contributed by atoms with Crippen LogP contribution in [0.2, 0.25) is 0 Å². The van der Waals surface area contributed by atoms with Gasteiger partial charge in [-0.15, -0.1) is 11.3 Å². The van der Waals surface area contributed by atoms with Gasteiger partial charge in [-0.05, 0) is 6.42 Å². The zero-order valence-corrected chi connectivity index (χ0v) is 11.7. The van der Waals surface area contributed by atoms with Gasteiger partial charge in [-0.25, -0.2) is 15.0 Å². The second kappa shape index (κ2) is 5.63. The van der Waals surface area contributed by atoms with Gasteiger partial charge in [-0.3, -0.25) is 0 Å². The van der Waals surface area contributed by atoms with Crippen LogP contribution in [0, 0.1) is 0 Å². The molecule has 0 unspecified atom stereocenters. The fourth-order valence-corrected chi connectivity index (χ4v) is 2.59. The largest absolute Gasteiger partial charge is 0.376 e. The van der Waals surface area contributed by atoms with E-state index in [4.69, 9.17) is 4.74 Å². The summed E-state index contributed by atoms with van der Waals surface area (Å²) < 4.78 is 5.51. The molecule has 5 nitrogen and oxygen atoms in total. The van der Waals surface area contributed by atoms with E-state index in [0.717, 1.165) is 48.8 Å². The summed E-state index contributed by atoms with van der Waals surface area (Å²) in [6, 6.07) is 0. The summed E-state index contributed by atoms with van der Waals surface area (Å²) in [6.07, 6.45) is 1.90. The average molecular weight is 276 g/mol. The van der Waals surface area contributed by atoms with Gasteiger partial charge in [0.25, 0.3) is 0 Å². The van der Waals surface area contributed by atoms with E-state index >= 15 is 0 Å². The minimum atomic E-state index is 0.596. The van der Waals surface area contributed by atoms with Gasteiger partial charge in [0.15, 0.2) is 5.82 Å². The van der Waals surface area contributed by atoms with Crippen molar-refractivity contribution in [2.24, 2.45) is 0 Å². The summed E-state index contributed by atoms with van der Waals surface area (Å²) in [7, 11) is 0. The molecule has 1 N–H and O–H groups in total. The monoisotopic (exact) mass is 276 g/mol.